The van der Waals surface area contributed by atoms with Crippen LogP contribution in [-0.4, -0.2) is 59.5 Å². The molecule has 2 aliphatic rings. The van der Waals surface area contributed by atoms with Gasteiger partial charge >= 0.3 is 0 Å². The summed E-state index contributed by atoms with van der Waals surface area (Å²) in [5.41, 5.74) is 1.34. The second-order valence-electron chi connectivity index (χ2n) is 5.91. The van der Waals surface area contributed by atoms with Gasteiger partial charge in [-0.2, -0.15) is 0 Å². The Morgan fingerprint density at radius 2 is 1.88 bits per heavy atom. The maximum atomic E-state index is 12.6. The van der Waals surface area contributed by atoms with E-state index < -0.39 is 29.7 Å². The van der Waals surface area contributed by atoms with E-state index in [0.717, 1.165) is 10.5 Å². The highest BCUT2D eigenvalue weighted by atomic mass is 16.5. The fraction of sp³-hybridized carbons (Fsp3) is 0.412. The minimum Gasteiger partial charge on any atom is -0.394 e. The van der Waals surface area contributed by atoms with E-state index in [4.69, 9.17) is 9.84 Å². The van der Waals surface area contributed by atoms with Gasteiger partial charge in [-0.15, -0.1) is 0 Å². The quantitative estimate of drug-likeness (QED) is 0.537. The Hall–Kier alpha value is -2.58. The van der Waals surface area contributed by atoms with Crippen LogP contribution in [0.5, 0.6) is 0 Å². The molecule has 0 spiro atoms. The molecule has 0 aliphatic carbocycles. The van der Waals surface area contributed by atoms with Crippen molar-refractivity contribution >= 4 is 23.6 Å². The van der Waals surface area contributed by atoms with E-state index in [1.807, 2.05) is 0 Å². The molecule has 3 rings (SSSR count). The van der Waals surface area contributed by atoms with Gasteiger partial charge in [-0.1, -0.05) is 6.07 Å². The summed E-state index contributed by atoms with van der Waals surface area (Å²) in [7, 11) is 0. The van der Waals surface area contributed by atoms with Crippen LogP contribution in [-0.2, 0) is 20.7 Å². The first-order chi connectivity index (χ1) is 12.0. The standard InChI is InChI=1S/C17H18N2O6/c20-6-8-25-7-5-10-1-2-11-12(9-10)17(24)19(16(11)23)13-3-4-14(21)18-15(13)22/h1-2,9,13,20H,3-8H2,(H,18,21,22). The molecule has 0 radical (unpaired) electrons. The van der Waals surface area contributed by atoms with Gasteiger partial charge in [0.2, 0.25) is 11.8 Å². The minimum atomic E-state index is -0.957. The zero-order valence-electron chi connectivity index (χ0n) is 13.5. The Kier molecular flexibility index (Phi) is 4.91. The minimum absolute atomic E-state index is 0.0574. The van der Waals surface area contributed by atoms with Crippen LogP contribution in [0.1, 0.15) is 39.1 Å². The largest absolute Gasteiger partial charge is 0.394 e. The smallest absolute Gasteiger partial charge is 0.262 e. The number of nitrogens with one attached hydrogen (secondary N) is 1. The number of carbonyl (C=O) groups is 4. The molecular formula is C17H18N2O6. The molecule has 25 heavy (non-hydrogen) atoms. The van der Waals surface area contributed by atoms with E-state index in [0.29, 0.717) is 13.0 Å². The van der Waals surface area contributed by atoms with E-state index in [9.17, 15) is 19.2 Å². The van der Waals surface area contributed by atoms with Crippen LogP contribution in [0.25, 0.3) is 0 Å². The summed E-state index contributed by atoms with van der Waals surface area (Å²) in [5, 5.41) is 10.8. The summed E-state index contributed by atoms with van der Waals surface area (Å²) >= 11 is 0. The lowest BCUT2D eigenvalue weighted by Crippen LogP contribution is -2.54. The SMILES string of the molecule is O=C1CCC(N2C(=O)c3ccc(CCOCCO)cc3C2=O)C(=O)N1. The van der Waals surface area contributed by atoms with Crippen molar-refractivity contribution in [1.82, 2.24) is 10.2 Å². The summed E-state index contributed by atoms with van der Waals surface area (Å²) in [4.78, 5) is 49.4. The highest BCUT2D eigenvalue weighted by molar-refractivity contribution is 6.23. The molecule has 8 nitrogen and oxygen atoms in total. The van der Waals surface area contributed by atoms with Crippen LogP contribution >= 0.6 is 0 Å². The average molecular weight is 346 g/mol. The van der Waals surface area contributed by atoms with Gasteiger partial charge in [-0.25, -0.2) is 0 Å². The zero-order chi connectivity index (χ0) is 18.0. The van der Waals surface area contributed by atoms with Gasteiger partial charge in [0.25, 0.3) is 11.8 Å². The number of fused-ring (bicyclic) bond motifs is 1. The molecule has 0 aromatic heterocycles. The number of amides is 4. The molecule has 1 atom stereocenters. The number of piperidine rings is 1. The molecule has 2 heterocycles. The molecule has 1 saturated heterocycles. The van der Waals surface area contributed by atoms with Crippen molar-refractivity contribution in [3.05, 3.63) is 34.9 Å². The maximum absolute atomic E-state index is 12.6. The third-order valence-electron chi connectivity index (χ3n) is 4.27. The number of ether oxygens (including phenoxy) is 1. The van der Waals surface area contributed by atoms with Gasteiger partial charge in [0.05, 0.1) is 30.9 Å². The van der Waals surface area contributed by atoms with Crippen molar-refractivity contribution in [3.63, 3.8) is 0 Å². The molecule has 1 aromatic carbocycles. The van der Waals surface area contributed by atoms with Crippen LogP contribution in [0.4, 0.5) is 0 Å². The van der Waals surface area contributed by atoms with Gasteiger partial charge < -0.3 is 9.84 Å². The molecule has 0 saturated carbocycles. The van der Waals surface area contributed by atoms with Crippen LogP contribution in [0, 0.1) is 0 Å². The van der Waals surface area contributed by atoms with Crippen molar-refractivity contribution in [2.45, 2.75) is 25.3 Å². The van der Waals surface area contributed by atoms with Crippen molar-refractivity contribution in [1.29, 1.82) is 0 Å². The van der Waals surface area contributed by atoms with E-state index in [1.54, 1.807) is 18.2 Å². The van der Waals surface area contributed by atoms with E-state index in [2.05, 4.69) is 5.32 Å². The van der Waals surface area contributed by atoms with Gasteiger partial charge in [0.15, 0.2) is 0 Å². The summed E-state index contributed by atoms with van der Waals surface area (Å²) < 4.78 is 5.20. The lowest BCUT2D eigenvalue weighted by molar-refractivity contribution is -0.136. The van der Waals surface area contributed by atoms with Gasteiger partial charge in [0, 0.05) is 6.42 Å². The average Bonchev–Trinajstić information content (AvgIpc) is 2.83. The first-order valence-corrected chi connectivity index (χ1v) is 8.06. The number of carbonyl (C=O) groups excluding carboxylic acids is 4. The van der Waals surface area contributed by atoms with Crippen LogP contribution in [0.3, 0.4) is 0 Å². The topological polar surface area (TPSA) is 113 Å². The Morgan fingerprint density at radius 1 is 1.12 bits per heavy atom. The first kappa shape index (κ1) is 17.2. The van der Waals surface area contributed by atoms with E-state index in [-0.39, 0.29) is 37.2 Å². The predicted molar refractivity (Wildman–Crippen MR) is 84.7 cm³/mol. The van der Waals surface area contributed by atoms with Crippen molar-refractivity contribution < 1.29 is 29.0 Å². The lowest BCUT2D eigenvalue weighted by atomic mass is 10.0. The zero-order valence-corrected chi connectivity index (χ0v) is 13.5. The van der Waals surface area contributed by atoms with Crippen molar-refractivity contribution in [2.75, 3.05) is 19.8 Å². The van der Waals surface area contributed by atoms with Crippen LogP contribution in [0.15, 0.2) is 18.2 Å². The fourth-order valence-electron chi connectivity index (χ4n) is 3.03. The number of imide groups is 2. The Balaban J connectivity index is 1.77. The summed E-state index contributed by atoms with van der Waals surface area (Å²) in [6.45, 7) is 0.572. The number of aliphatic hydroxyl groups is 1. The van der Waals surface area contributed by atoms with Crippen molar-refractivity contribution in [3.8, 4) is 0 Å². The highest BCUT2D eigenvalue weighted by Gasteiger charge is 2.44. The van der Waals surface area contributed by atoms with Gasteiger partial charge in [-0.3, -0.25) is 29.4 Å². The molecule has 0 bridgehead atoms. The van der Waals surface area contributed by atoms with E-state index in [1.165, 1.54) is 0 Å². The highest BCUT2D eigenvalue weighted by Crippen LogP contribution is 2.28. The number of rotatable bonds is 6. The Labute approximate surface area is 143 Å². The molecule has 4 amide bonds. The summed E-state index contributed by atoms with van der Waals surface area (Å²) in [6.07, 6.45) is 0.766. The molecule has 8 heteroatoms. The normalized spacial score (nSPS) is 20.0. The number of benzene rings is 1. The Bertz CT molecular complexity index is 745. The van der Waals surface area contributed by atoms with Gasteiger partial charge in [0.1, 0.15) is 6.04 Å². The summed E-state index contributed by atoms with van der Waals surface area (Å²) in [6, 6.07) is 3.98. The second kappa shape index (κ2) is 7.12. The molecule has 1 fully saturated rings. The van der Waals surface area contributed by atoms with Crippen LogP contribution in [0.2, 0.25) is 0 Å². The summed E-state index contributed by atoms with van der Waals surface area (Å²) in [5.74, 6) is -2.06. The number of hydrogen-bond acceptors (Lipinski definition) is 6. The third kappa shape index (κ3) is 3.31. The van der Waals surface area contributed by atoms with Crippen LogP contribution < -0.4 is 5.32 Å². The molecule has 2 N–H and O–H groups in total. The number of aliphatic hydroxyl groups excluding tert-OH is 1. The van der Waals surface area contributed by atoms with Gasteiger partial charge in [-0.05, 0) is 30.5 Å². The molecule has 132 valence electrons. The fourth-order valence-corrected chi connectivity index (χ4v) is 3.03. The Morgan fingerprint density at radius 3 is 2.60 bits per heavy atom. The van der Waals surface area contributed by atoms with Crippen molar-refractivity contribution in [2.24, 2.45) is 0 Å². The molecule has 2 aliphatic heterocycles. The predicted octanol–water partition coefficient (Wildman–Crippen LogP) is -0.361. The second-order valence-corrected chi connectivity index (χ2v) is 5.91. The molecular weight excluding hydrogens is 328 g/mol. The van der Waals surface area contributed by atoms with E-state index >= 15 is 0 Å². The lowest BCUT2D eigenvalue weighted by Gasteiger charge is -2.27. The molecule has 1 unspecified atom stereocenters. The maximum Gasteiger partial charge on any atom is 0.262 e. The monoisotopic (exact) mass is 346 g/mol. The number of nitrogens with zero attached hydrogens (tertiary/aromatic N) is 1. The number of hydrogen-bond donors (Lipinski definition) is 2. The molecule has 1 aromatic rings. The third-order valence-corrected chi connectivity index (χ3v) is 4.27. The first-order valence-electron chi connectivity index (χ1n) is 8.06.